The van der Waals surface area contributed by atoms with Gasteiger partial charge in [0.25, 0.3) is 0 Å². The van der Waals surface area contributed by atoms with Crippen LogP contribution in [0.15, 0.2) is 12.1 Å². The van der Waals surface area contributed by atoms with Gasteiger partial charge in [0, 0.05) is 26.5 Å². The molecule has 4 heteroatoms. The van der Waals surface area contributed by atoms with Crippen LogP contribution in [0.25, 0.3) is 0 Å². The van der Waals surface area contributed by atoms with Crippen LogP contribution in [0.1, 0.15) is 61.5 Å². The van der Waals surface area contributed by atoms with E-state index < -0.39 is 0 Å². The Hall–Kier alpha value is -0.330. The number of halogens is 1. The van der Waals surface area contributed by atoms with E-state index in [9.17, 15) is 5.11 Å². The number of phenolic OH excluding ortho intramolecular Hbond substituents is 1. The highest BCUT2D eigenvalue weighted by molar-refractivity contribution is 14.1. The number of aromatic hydroxyl groups is 1. The normalized spacial score (nSPS) is 24.9. The molecule has 3 nitrogen and oxygen atoms in total. The van der Waals surface area contributed by atoms with Gasteiger partial charge in [0.1, 0.15) is 5.75 Å². The molecule has 1 aromatic carbocycles. The molecule has 1 fully saturated rings. The third-order valence-corrected chi connectivity index (χ3v) is 4.41. The average molecular weight is 404 g/mol. The Balaban J connectivity index is 2.44. The van der Waals surface area contributed by atoms with Crippen molar-refractivity contribution in [3.8, 4) is 5.75 Å². The monoisotopic (exact) mass is 404 g/mol. The molecule has 1 atom stereocenters. The second-order valence-electron chi connectivity index (χ2n) is 6.98. The van der Waals surface area contributed by atoms with Gasteiger partial charge in [0.2, 0.25) is 0 Å². The SMILES string of the molecule is CC1COC(c2cc(C(C)I)c(O)c(C(C)(C)C)c2)OC1. The summed E-state index contributed by atoms with van der Waals surface area (Å²) in [4.78, 5) is 0. The van der Waals surface area contributed by atoms with E-state index >= 15 is 0 Å². The Morgan fingerprint density at radius 3 is 2.29 bits per heavy atom. The van der Waals surface area contributed by atoms with Crippen molar-refractivity contribution in [2.24, 2.45) is 5.92 Å². The Labute approximate surface area is 141 Å². The lowest BCUT2D eigenvalue weighted by Crippen LogP contribution is -2.25. The second kappa shape index (κ2) is 6.42. The molecular formula is C17H25IO3. The molecule has 118 valence electrons. The topological polar surface area (TPSA) is 38.7 Å². The third kappa shape index (κ3) is 3.90. The van der Waals surface area contributed by atoms with E-state index in [0.717, 1.165) is 16.7 Å². The molecule has 2 rings (SSSR count). The lowest BCUT2D eigenvalue weighted by atomic mass is 9.83. The maximum absolute atomic E-state index is 10.6. The van der Waals surface area contributed by atoms with Crippen LogP contribution in [0, 0.1) is 5.92 Å². The summed E-state index contributed by atoms with van der Waals surface area (Å²) < 4.78 is 11.9. The van der Waals surface area contributed by atoms with Crippen molar-refractivity contribution in [2.45, 2.75) is 50.2 Å². The molecule has 0 bridgehead atoms. The summed E-state index contributed by atoms with van der Waals surface area (Å²) in [5.41, 5.74) is 2.78. The van der Waals surface area contributed by atoms with Gasteiger partial charge >= 0.3 is 0 Å². The van der Waals surface area contributed by atoms with Crippen molar-refractivity contribution in [1.82, 2.24) is 0 Å². The first-order chi connectivity index (χ1) is 9.70. The van der Waals surface area contributed by atoms with E-state index in [4.69, 9.17) is 9.47 Å². The fraction of sp³-hybridized carbons (Fsp3) is 0.647. The number of benzene rings is 1. The van der Waals surface area contributed by atoms with Crippen molar-refractivity contribution in [2.75, 3.05) is 13.2 Å². The van der Waals surface area contributed by atoms with Crippen LogP contribution in [0.5, 0.6) is 5.75 Å². The number of alkyl halides is 1. The van der Waals surface area contributed by atoms with Crippen molar-refractivity contribution in [3.63, 3.8) is 0 Å². The minimum Gasteiger partial charge on any atom is -0.507 e. The Kier molecular flexibility index (Phi) is 5.21. The first-order valence-electron chi connectivity index (χ1n) is 7.44. The predicted octanol–water partition coefficient (Wildman–Crippen LogP) is 4.87. The highest BCUT2D eigenvalue weighted by Crippen LogP contribution is 2.41. The van der Waals surface area contributed by atoms with Gasteiger partial charge in [-0.05, 0) is 24.5 Å². The standard InChI is InChI=1S/C17H25IO3/c1-10-8-20-16(21-9-10)12-6-13(11(2)18)15(19)14(7-12)17(3,4)5/h6-7,10-11,16,19H,8-9H2,1-5H3. The highest BCUT2D eigenvalue weighted by Gasteiger charge is 2.27. The molecule has 1 unspecified atom stereocenters. The Morgan fingerprint density at radius 2 is 1.81 bits per heavy atom. The van der Waals surface area contributed by atoms with Crippen molar-refractivity contribution in [3.05, 3.63) is 28.8 Å². The highest BCUT2D eigenvalue weighted by atomic mass is 127. The zero-order valence-corrected chi connectivity index (χ0v) is 15.6. The van der Waals surface area contributed by atoms with Gasteiger partial charge in [0.05, 0.1) is 13.2 Å². The number of hydrogen-bond acceptors (Lipinski definition) is 3. The van der Waals surface area contributed by atoms with Crippen LogP contribution in [0.4, 0.5) is 0 Å². The van der Waals surface area contributed by atoms with Crippen LogP contribution < -0.4 is 0 Å². The zero-order chi connectivity index (χ0) is 15.8. The van der Waals surface area contributed by atoms with Gasteiger partial charge < -0.3 is 14.6 Å². The second-order valence-corrected chi connectivity index (χ2v) is 8.84. The molecule has 0 saturated carbocycles. The van der Waals surface area contributed by atoms with Gasteiger partial charge in [-0.3, -0.25) is 0 Å². The van der Waals surface area contributed by atoms with E-state index in [-0.39, 0.29) is 15.6 Å². The first kappa shape index (κ1) is 17.0. The molecule has 0 aromatic heterocycles. The first-order valence-corrected chi connectivity index (χ1v) is 8.69. The summed E-state index contributed by atoms with van der Waals surface area (Å²) in [5.74, 6) is 0.834. The number of ether oxygens (including phenoxy) is 2. The van der Waals surface area contributed by atoms with Crippen molar-refractivity contribution in [1.29, 1.82) is 0 Å². The predicted molar refractivity (Wildman–Crippen MR) is 93.1 cm³/mol. The summed E-state index contributed by atoms with van der Waals surface area (Å²) in [6, 6.07) is 4.04. The molecule has 1 heterocycles. The summed E-state index contributed by atoms with van der Waals surface area (Å²) in [6.45, 7) is 12.0. The lowest BCUT2D eigenvalue weighted by Gasteiger charge is -2.30. The minimum absolute atomic E-state index is 0.123. The smallest absolute Gasteiger partial charge is 0.183 e. The molecule has 0 aliphatic carbocycles. The maximum Gasteiger partial charge on any atom is 0.183 e. The molecule has 1 aliphatic rings. The van der Waals surface area contributed by atoms with Crippen molar-refractivity contribution >= 4 is 22.6 Å². The third-order valence-electron chi connectivity index (χ3n) is 3.73. The van der Waals surface area contributed by atoms with Crippen LogP contribution in [-0.4, -0.2) is 18.3 Å². The van der Waals surface area contributed by atoms with Gasteiger partial charge in [-0.15, -0.1) is 0 Å². The van der Waals surface area contributed by atoms with E-state index in [1.54, 1.807) is 0 Å². The summed E-state index contributed by atoms with van der Waals surface area (Å²) >= 11 is 2.33. The van der Waals surface area contributed by atoms with Gasteiger partial charge in [-0.1, -0.05) is 50.3 Å². The van der Waals surface area contributed by atoms with Gasteiger partial charge in [-0.2, -0.15) is 0 Å². The molecule has 1 aliphatic heterocycles. The largest absolute Gasteiger partial charge is 0.507 e. The zero-order valence-electron chi connectivity index (χ0n) is 13.4. The lowest BCUT2D eigenvalue weighted by molar-refractivity contribution is -0.202. The maximum atomic E-state index is 10.6. The summed E-state index contributed by atoms with van der Waals surface area (Å²) in [5, 5.41) is 10.6. The van der Waals surface area contributed by atoms with E-state index in [1.165, 1.54) is 0 Å². The molecule has 21 heavy (non-hydrogen) atoms. The molecular weight excluding hydrogens is 379 g/mol. The fourth-order valence-corrected chi connectivity index (χ4v) is 2.96. The quantitative estimate of drug-likeness (QED) is 0.565. The Morgan fingerprint density at radius 1 is 1.24 bits per heavy atom. The Bertz CT molecular complexity index is 497. The van der Waals surface area contributed by atoms with Gasteiger partial charge in [0.15, 0.2) is 6.29 Å². The number of hydrogen-bond donors (Lipinski definition) is 1. The van der Waals surface area contributed by atoms with Crippen molar-refractivity contribution < 1.29 is 14.6 Å². The number of rotatable bonds is 2. The van der Waals surface area contributed by atoms with Gasteiger partial charge in [-0.25, -0.2) is 0 Å². The van der Waals surface area contributed by atoms with E-state index in [2.05, 4.69) is 57.2 Å². The minimum atomic E-state index is -0.322. The van der Waals surface area contributed by atoms with Crippen LogP contribution >= 0.6 is 22.6 Å². The molecule has 1 saturated heterocycles. The molecule has 1 N–H and O–H groups in total. The average Bonchev–Trinajstić information content (AvgIpc) is 2.38. The molecule has 0 radical (unpaired) electrons. The molecule has 1 aromatic rings. The molecule has 0 spiro atoms. The summed E-state index contributed by atoms with van der Waals surface area (Å²) in [6.07, 6.45) is -0.322. The molecule has 0 amide bonds. The summed E-state index contributed by atoms with van der Waals surface area (Å²) in [7, 11) is 0. The van der Waals surface area contributed by atoms with Crippen LogP contribution in [0.2, 0.25) is 0 Å². The number of phenols is 1. The van der Waals surface area contributed by atoms with E-state index in [1.807, 2.05) is 12.1 Å². The van der Waals surface area contributed by atoms with Crippen LogP contribution in [0.3, 0.4) is 0 Å². The van der Waals surface area contributed by atoms with E-state index in [0.29, 0.717) is 24.9 Å². The van der Waals surface area contributed by atoms with Crippen LogP contribution in [-0.2, 0) is 14.9 Å². The fourth-order valence-electron chi connectivity index (χ4n) is 2.48.